The van der Waals surface area contributed by atoms with E-state index in [1.807, 2.05) is 13.8 Å². The van der Waals surface area contributed by atoms with E-state index in [0.717, 1.165) is 0 Å². The maximum absolute atomic E-state index is 5.82. The quantitative estimate of drug-likeness (QED) is 0.684. The van der Waals surface area contributed by atoms with Gasteiger partial charge in [-0.05, 0) is 13.8 Å². The maximum Gasteiger partial charge on any atom is 0.159 e. The molecule has 0 spiro atoms. The Bertz CT molecular complexity index is 135. The molecular formula is C9H19NO3. The smallest absolute Gasteiger partial charge is 0.159 e. The normalized spacial score (nSPS) is 21.2. The van der Waals surface area contributed by atoms with Crippen molar-refractivity contribution in [3.05, 3.63) is 0 Å². The van der Waals surface area contributed by atoms with Gasteiger partial charge in [-0.3, -0.25) is 0 Å². The average Bonchev–Trinajstić information content (AvgIpc) is 2.53. The first-order valence-corrected chi connectivity index (χ1v) is 4.79. The first kappa shape index (κ1) is 10.9. The van der Waals surface area contributed by atoms with Crippen molar-refractivity contribution in [1.29, 1.82) is 0 Å². The van der Waals surface area contributed by atoms with Crippen LogP contribution in [-0.4, -0.2) is 38.3 Å². The fraction of sp³-hybridized carbons (Fsp3) is 1.00. The van der Waals surface area contributed by atoms with E-state index in [1.54, 1.807) is 0 Å². The fourth-order valence-electron chi connectivity index (χ4n) is 1.17. The molecule has 1 aliphatic heterocycles. The average molecular weight is 189 g/mol. The molecule has 2 N–H and O–H groups in total. The zero-order valence-corrected chi connectivity index (χ0v) is 8.36. The monoisotopic (exact) mass is 189 g/mol. The Labute approximate surface area is 79.3 Å². The van der Waals surface area contributed by atoms with Gasteiger partial charge in [0, 0.05) is 12.5 Å². The summed E-state index contributed by atoms with van der Waals surface area (Å²) in [5, 5.41) is 0. The summed E-state index contributed by atoms with van der Waals surface area (Å²) in [6.45, 7) is 5.93. The fourth-order valence-corrected chi connectivity index (χ4v) is 1.17. The molecule has 1 atom stereocenters. The summed E-state index contributed by atoms with van der Waals surface area (Å²) in [5.41, 5.74) is 5.82. The molecule has 78 valence electrons. The molecule has 0 amide bonds. The van der Waals surface area contributed by atoms with Crippen LogP contribution in [0.5, 0.6) is 0 Å². The van der Waals surface area contributed by atoms with Crippen LogP contribution < -0.4 is 5.73 Å². The van der Waals surface area contributed by atoms with E-state index >= 15 is 0 Å². The number of hydrogen-bond acceptors (Lipinski definition) is 4. The van der Waals surface area contributed by atoms with E-state index in [2.05, 4.69) is 0 Å². The van der Waals surface area contributed by atoms with Gasteiger partial charge < -0.3 is 19.9 Å². The van der Waals surface area contributed by atoms with Crippen molar-refractivity contribution >= 4 is 0 Å². The predicted octanol–water partition coefficient (Wildman–Crippen LogP) is 0.502. The molecule has 13 heavy (non-hydrogen) atoms. The maximum atomic E-state index is 5.82. The standard InChI is InChI=1S/C9H19NO3/c1-7(2)13-6-8(10)5-9-11-3-4-12-9/h7-9H,3-6,10H2,1-2H3. The van der Waals surface area contributed by atoms with Gasteiger partial charge in [-0.1, -0.05) is 0 Å². The van der Waals surface area contributed by atoms with Crippen molar-refractivity contribution in [1.82, 2.24) is 0 Å². The van der Waals surface area contributed by atoms with Crippen LogP contribution in [0, 0.1) is 0 Å². The highest BCUT2D eigenvalue weighted by Crippen LogP contribution is 2.09. The number of ether oxygens (including phenoxy) is 3. The molecule has 1 unspecified atom stereocenters. The van der Waals surface area contributed by atoms with E-state index in [9.17, 15) is 0 Å². The van der Waals surface area contributed by atoms with E-state index in [1.165, 1.54) is 0 Å². The van der Waals surface area contributed by atoms with Crippen molar-refractivity contribution in [2.75, 3.05) is 19.8 Å². The van der Waals surface area contributed by atoms with Crippen molar-refractivity contribution in [2.24, 2.45) is 5.73 Å². The number of hydrogen-bond donors (Lipinski definition) is 1. The highest BCUT2D eigenvalue weighted by Gasteiger charge is 2.19. The van der Waals surface area contributed by atoms with E-state index in [-0.39, 0.29) is 18.4 Å². The van der Waals surface area contributed by atoms with Gasteiger partial charge in [0.2, 0.25) is 0 Å². The molecule has 1 heterocycles. The van der Waals surface area contributed by atoms with Gasteiger partial charge in [-0.25, -0.2) is 0 Å². The molecule has 0 saturated carbocycles. The second-order valence-corrected chi connectivity index (χ2v) is 3.55. The second-order valence-electron chi connectivity index (χ2n) is 3.55. The third-order valence-electron chi connectivity index (χ3n) is 1.83. The lowest BCUT2D eigenvalue weighted by Gasteiger charge is -2.17. The summed E-state index contributed by atoms with van der Waals surface area (Å²) in [4.78, 5) is 0. The van der Waals surface area contributed by atoms with Crippen LogP contribution in [0.3, 0.4) is 0 Å². The van der Waals surface area contributed by atoms with Crippen LogP contribution in [0.15, 0.2) is 0 Å². The van der Waals surface area contributed by atoms with Crippen LogP contribution in [0.25, 0.3) is 0 Å². The third-order valence-corrected chi connectivity index (χ3v) is 1.83. The Kier molecular flexibility index (Phi) is 4.66. The number of nitrogens with two attached hydrogens (primary N) is 1. The Morgan fingerprint density at radius 3 is 2.54 bits per heavy atom. The van der Waals surface area contributed by atoms with Crippen molar-refractivity contribution in [3.8, 4) is 0 Å². The molecule has 1 fully saturated rings. The minimum absolute atomic E-state index is 0.00509. The Hall–Kier alpha value is -0.160. The van der Waals surface area contributed by atoms with Crippen molar-refractivity contribution in [3.63, 3.8) is 0 Å². The van der Waals surface area contributed by atoms with Crippen LogP contribution in [0.2, 0.25) is 0 Å². The molecule has 4 nitrogen and oxygen atoms in total. The first-order valence-electron chi connectivity index (χ1n) is 4.79. The Balaban J connectivity index is 2.05. The minimum Gasteiger partial charge on any atom is -0.377 e. The zero-order chi connectivity index (χ0) is 9.68. The molecule has 0 bridgehead atoms. The van der Waals surface area contributed by atoms with E-state index in [4.69, 9.17) is 19.9 Å². The van der Waals surface area contributed by atoms with Crippen LogP contribution in [-0.2, 0) is 14.2 Å². The summed E-state index contributed by atoms with van der Waals surface area (Å²) in [7, 11) is 0. The molecular weight excluding hydrogens is 170 g/mol. The van der Waals surface area contributed by atoms with Gasteiger partial charge in [-0.15, -0.1) is 0 Å². The van der Waals surface area contributed by atoms with Crippen LogP contribution >= 0.6 is 0 Å². The molecule has 4 heteroatoms. The molecule has 0 aromatic carbocycles. The molecule has 1 rings (SSSR count). The topological polar surface area (TPSA) is 53.7 Å². The SMILES string of the molecule is CC(C)OCC(N)CC1OCCO1. The summed E-state index contributed by atoms with van der Waals surface area (Å²) < 4.78 is 15.9. The van der Waals surface area contributed by atoms with E-state index < -0.39 is 0 Å². The summed E-state index contributed by atoms with van der Waals surface area (Å²) >= 11 is 0. The summed E-state index contributed by atoms with van der Waals surface area (Å²) in [5.74, 6) is 0. The van der Waals surface area contributed by atoms with Gasteiger partial charge in [-0.2, -0.15) is 0 Å². The Morgan fingerprint density at radius 1 is 1.38 bits per heavy atom. The van der Waals surface area contributed by atoms with Crippen molar-refractivity contribution < 1.29 is 14.2 Å². The highest BCUT2D eigenvalue weighted by atomic mass is 16.7. The zero-order valence-electron chi connectivity index (χ0n) is 8.36. The third kappa shape index (κ3) is 4.57. The second kappa shape index (κ2) is 5.54. The lowest BCUT2D eigenvalue weighted by Crippen LogP contribution is -2.32. The lowest BCUT2D eigenvalue weighted by molar-refractivity contribution is -0.0576. The summed E-state index contributed by atoms with van der Waals surface area (Å²) in [6, 6.07) is 0.00509. The molecule has 0 aromatic heterocycles. The molecule has 0 aliphatic carbocycles. The molecule has 1 saturated heterocycles. The molecule has 0 aromatic rings. The van der Waals surface area contributed by atoms with Gasteiger partial charge in [0.1, 0.15) is 0 Å². The molecule has 1 aliphatic rings. The largest absolute Gasteiger partial charge is 0.377 e. The van der Waals surface area contributed by atoms with Gasteiger partial charge in [0.05, 0.1) is 25.9 Å². The number of rotatable bonds is 5. The van der Waals surface area contributed by atoms with Gasteiger partial charge in [0.25, 0.3) is 0 Å². The Morgan fingerprint density at radius 2 is 2.00 bits per heavy atom. The summed E-state index contributed by atoms with van der Waals surface area (Å²) in [6.07, 6.45) is 0.828. The van der Waals surface area contributed by atoms with Crippen molar-refractivity contribution in [2.45, 2.75) is 38.7 Å². The van der Waals surface area contributed by atoms with E-state index in [0.29, 0.717) is 26.2 Å². The predicted molar refractivity (Wildman–Crippen MR) is 49.4 cm³/mol. The highest BCUT2D eigenvalue weighted by molar-refractivity contribution is 4.65. The minimum atomic E-state index is -0.120. The van der Waals surface area contributed by atoms with Crippen LogP contribution in [0.4, 0.5) is 0 Å². The lowest BCUT2D eigenvalue weighted by atomic mass is 10.2. The molecule has 0 radical (unpaired) electrons. The van der Waals surface area contributed by atoms with Gasteiger partial charge >= 0.3 is 0 Å². The van der Waals surface area contributed by atoms with Crippen LogP contribution in [0.1, 0.15) is 20.3 Å². The van der Waals surface area contributed by atoms with Gasteiger partial charge in [0.15, 0.2) is 6.29 Å². The first-order chi connectivity index (χ1) is 6.18.